The zero-order valence-corrected chi connectivity index (χ0v) is 17.4. The van der Waals surface area contributed by atoms with Crippen LogP contribution in [0.2, 0.25) is 0 Å². The molecule has 1 aliphatic rings. The summed E-state index contributed by atoms with van der Waals surface area (Å²) in [4.78, 5) is 31.1. The van der Waals surface area contributed by atoms with E-state index >= 15 is 0 Å². The van der Waals surface area contributed by atoms with Crippen molar-refractivity contribution in [1.29, 1.82) is 0 Å². The van der Waals surface area contributed by atoms with Gasteiger partial charge in [-0.25, -0.2) is 9.79 Å². The summed E-state index contributed by atoms with van der Waals surface area (Å²) in [7, 11) is 0. The Bertz CT molecular complexity index is 1300. The zero-order chi connectivity index (χ0) is 21.1. The van der Waals surface area contributed by atoms with Gasteiger partial charge in [-0.05, 0) is 43.7 Å². The highest BCUT2D eigenvalue weighted by Crippen LogP contribution is 2.30. The summed E-state index contributed by atoms with van der Waals surface area (Å²) in [6.07, 6.45) is 6.87. The van der Waals surface area contributed by atoms with Gasteiger partial charge in [0.2, 0.25) is 0 Å². The number of carbonyl (C=O) groups excluding carboxylic acids is 1. The van der Waals surface area contributed by atoms with E-state index in [2.05, 4.69) is 4.99 Å². The molecule has 3 aromatic rings. The van der Waals surface area contributed by atoms with E-state index in [0.29, 0.717) is 26.4 Å². The van der Waals surface area contributed by atoms with E-state index in [1.165, 1.54) is 11.3 Å². The van der Waals surface area contributed by atoms with E-state index in [1.54, 1.807) is 49.0 Å². The molecule has 0 radical (unpaired) electrons. The van der Waals surface area contributed by atoms with Crippen molar-refractivity contribution in [3.05, 3.63) is 97.1 Å². The van der Waals surface area contributed by atoms with E-state index in [9.17, 15) is 9.59 Å². The minimum Gasteiger partial charge on any atom is -0.465 e. The summed E-state index contributed by atoms with van der Waals surface area (Å²) < 4.78 is 12.6. The summed E-state index contributed by atoms with van der Waals surface area (Å²) in [6.45, 7) is 3.78. The van der Waals surface area contributed by atoms with Crippen LogP contribution in [0, 0.1) is 0 Å². The van der Waals surface area contributed by atoms with Gasteiger partial charge in [-0.1, -0.05) is 47.7 Å². The lowest BCUT2D eigenvalue weighted by molar-refractivity contribution is -0.139. The molecular formula is C23H20N2O4S. The van der Waals surface area contributed by atoms with Gasteiger partial charge in [0, 0.05) is 0 Å². The molecule has 0 saturated carbocycles. The van der Waals surface area contributed by atoms with Gasteiger partial charge in [-0.3, -0.25) is 9.36 Å². The monoisotopic (exact) mass is 420 g/mol. The van der Waals surface area contributed by atoms with Gasteiger partial charge in [-0.15, -0.1) is 0 Å². The molecule has 2 aromatic heterocycles. The second kappa shape index (κ2) is 8.51. The van der Waals surface area contributed by atoms with Crippen molar-refractivity contribution in [1.82, 2.24) is 4.57 Å². The molecule has 1 aliphatic heterocycles. The number of aromatic nitrogens is 1. The summed E-state index contributed by atoms with van der Waals surface area (Å²) in [5.41, 5.74) is 1.56. The molecule has 4 rings (SSSR count). The number of hydrogen-bond donors (Lipinski definition) is 0. The highest BCUT2D eigenvalue weighted by molar-refractivity contribution is 7.07. The van der Waals surface area contributed by atoms with E-state index < -0.39 is 12.0 Å². The van der Waals surface area contributed by atoms with Crippen molar-refractivity contribution in [3.63, 3.8) is 0 Å². The quantitative estimate of drug-likeness (QED) is 0.595. The van der Waals surface area contributed by atoms with Gasteiger partial charge in [0.1, 0.15) is 5.76 Å². The van der Waals surface area contributed by atoms with Crippen LogP contribution in [0.4, 0.5) is 0 Å². The highest BCUT2D eigenvalue weighted by Gasteiger charge is 2.33. The number of nitrogens with zero attached hydrogens (tertiary/aromatic N) is 2. The van der Waals surface area contributed by atoms with Crippen molar-refractivity contribution < 1.29 is 13.9 Å². The van der Waals surface area contributed by atoms with Crippen LogP contribution in [0.1, 0.15) is 31.2 Å². The maximum absolute atomic E-state index is 13.3. The Morgan fingerprint density at radius 1 is 1.27 bits per heavy atom. The molecular weight excluding hydrogens is 400 g/mol. The minimum absolute atomic E-state index is 0.203. The normalized spacial score (nSPS) is 16.6. The molecule has 30 heavy (non-hydrogen) atoms. The third-order valence-corrected chi connectivity index (χ3v) is 5.68. The van der Waals surface area contributed by atoms with Crippen LogP contribution in [-0.2, 0) is 9.53 Å². The van der Waals surface area contributed by atoms with Crippen LogP contribution in [0.25, 0.3) is 12.2 Å². The predicted molar refractivity (Wildman–Crippen MR) is 115 cm³/mol. The van der Waals surface area contributed by atoms with Crippen molar-refractivity contribution in [3.8, 4) is 0 Å². The second-order valence-corrected chi connectivity index (χ2v) is 7.62. The van der Waals surface area contributed by atoms with Crippen LogP contribution < -0.4 is 14.9 Å². The van der Waals surface area contributed by atoms with Gasteiger partial charge >= 0.3 is 5.97 Å². The number of hydrogen-bond acceptors (Lipinski definition) is 6. The Morgan fingerprint density at radius 2 is 2.07 bits per heavy atom. The summed E-state index contributed by atoms with van der Waals surface area (Å²) in [6, 6.07) is 12.5. The molecule has 0 bridgehead atoms. The Hall–Kier alpha value is -3.45. The molecule has 0 fully saturated rings. The maximum Gasteiger partial charge on any atom is 0.338 e. The number of rotatable bonds is 5. The largest absolute Gasteiger partial charge is 0.465 e. The third-order valence-electron chi connectivity index (χ3n) is 4.68. The highest BCUT2D eigenvalue weighted by atomic mass is 32.1. The van der Waals surface area contributed by atoms with Crippen LogP contribution in [-0.4, -0.2) is 17.1 Å². The molecule has 0 amide bonds. The standard InChI is InChI=1S/C23H20N2O4S/c1-3-28-22(27)19-15(2)24-23-25(20(19)16-9-5-4-6-10-16)21(26)18(30-23)13-7-11-17-12-8-14-29-17/h4-14,20H,3H2,1-2H3/b11-7-,18-13?/t20-/m0/s1. The van der Waals surface area contributed by atoms with Gasteiger partial charge in [0.25, 0.3) is 5.56 Å². The number of esters is 1. The lowest BCUT2D eigenvalue weighted by atomic mass is 9.96. The lowest BCUT2D eigenvalue weighted by Gasteiger charge is -2.24. The lowest BCUT2D eigenvalue weighted by Crippen LogP contribution is -2.39. The molecule has 0 spiro atoms. The van der Waals surface area contributed by atoms with Crippen molar-refractivity contribution in [2.75, 3.05) is 6.61 Å². The molecule has 0 saturated heterocycles. The van der Waals surface area contributed by atoms with Crippen LogP contribution in [0.15, 0.2) is 80.3 Å². The number of ether oxygens (including phenoxy) is 1. The zero-order valence-electron chi connectivity index (χ0n) is 16.6. The van der Waals surface area contributed by atoms with E-state index in [-0.39, 0.29) is 12.2 Å². The Balaban J connectivity index is 1.87. The van der Waals surface area contributed by atoms with Gasteiger partial charge in [0.05, 0.1) is 34.7 Å². The number of thiazole rings is 1. The Morgan fingerprint density at radius 3 is 2.77 bits per heavy atom. The van der Waals surface area contributed by atoms with Crippen LogP contribution in [0.3, 0.4) is 0 Å². The fraction of sp³-hybridized carbons (Fsp3) is 0.174. The average Bonchev–Trinajstić information content (AvgIpc) is 3.36. The fourth-order valence-corrected chi connectivity index (χ4v) is 4.37. The maximum atomic E-state index is 13.3. The number of carbonyl (C=O) groups is 1. The topological polar surface area (TPSA) is 73.8 Å². The van der Waals surface area contributed by atoms with Crippen LogP contribution >= 0.6 is 11.3 Å². The molecule has 6 nitrogen and oxygen atoms in total. The van der Waals surface area contributed by atoms with Gasteiger partial charge in [0.15, 0.2) is 4.80 Å². The average molecular weight is 420 g/mol. The summed E-state index contributed by atoms with van der Waals surface area (Å²) in [5, 5.41) is 0. The number of allylic oxidation sites excluding steroid dienone is 2. The second-order valence-electron chi connectivity index (χ2n) is 6.61. The first-order chi connectivity index (χ1) is 14.6. The fourth-order valence-electron chi connectivity index (χ4n) is 3.37. The first kappa shape index (κ1) is 19.8. The van der Waals surface area contributed by atoms with Gasteiger partial charge < -0.3 is 9.15 Å². The molecule has 0 N–H and O–H groups in total. The summed E-state index contributed by atoms with van der Waals surface area (Å²) >= 11 is 1.29. The smallest absolute Gasteiger partial charge is 0.338 e. The van der Waals surface area contributed by atoms with Crippen molar-refractivity contribution in [2.45, 2.75) is 19.9 Å². The van der Waals surface area contributed by atoms with Crippen molar-refractivity contribution in [2.24, 2.45) is 4.99 Å². The number of fused-ring (bicyclic) bond motifs is 1. The number of benzene rings is 1. The van der Waals surface area contributed by atoms with Gasteiger partial charge in [-0.2, -0.15) is 0 Å². The van der Waals surface area contributed by atoms with E-state index in [1.807, 2.05) is 36.4 Å². The first-order valence-corrected chi connectivity index (χ1v) is 10.4. The predicted octanol–water partition coefficient (Wildman–Crippen LogP) is 3.06. The molecule has 152 valence electrons. The van der Waals surface area contributed by atoms with Crippen molar-refractivity contribution >= 4 is 29.5 Å². The SMILES string of the molecule is CCOC(=O)C1=C(C)N=c2sc(=C/C=C\c3ccco3)c(=O)n2[C@H]1c1ccccc1. The number of furan rings is 1. The summed E-state index contributed by atoms with van der Waals surface area (Å²) in [5.74, 6) is 0.237. The molecule has 0 unspecified atom stereocenters. The minimum atomic E-state index is -0.585. The molecule has 1 aromatic carbocycles. The van der Waals surface area contributed by atoms with E-state index in [4.69, 9.17) is 9.15 Å². The Labute approximate surface area is 176 Å². The van der Waals surface area contributed by atoms with E-state index in [0.717, 1.165) is 5.56 Å². The first-order valence-electron chi connectivity index (χ1n) is 9.55. The molecule has 0 aliphatic carbocycles. The molecule has 7 heteroatoms. The molecule has 1 atom stereocenters. The third kappa shape index (κ3) is 3.71. The van der Waals surface area contributed by atoms with Crippen LogP contribution in [0.5, 0.6) is 0 Å². The molecule has 3 heterocycles. The Kier molecular flexibility index (Phi) is 5.63.